The third-order valence-electron chi connectivity index (χ3n) is 5.14. The van der Waals surface area contributed by atoms with E-state index < -0.39 is 10.0 Å². The van der Waals surface area contributed by atoms with Crippen LogP contribution in [0.25, 0.3) is 10.4 Å². The smallest absolute Gasteiger partial charge is 0.271 e. The van der Waals surface area contributed by atoms with Gasteiger partial charge in [-0.1, -0.05) is 47.5 Å². The fraction of sp³-hybridized carbons (Fsp3) is 0.273. The molecule has 2 aromatic carbocycles. The maximum atomic E-state index is 13.0. The molecular weight excluding hydrogens is 475 g/mol. The fourth-order valence-corrected chi connectivity index (χ4v) is 6.64. The number of hydrogen-bond donors (Lipinski definition) is 1. The van der Waals surface area contributed by atoms with Gasteiger partial charge in [0.2, 0.25) is 0 Å². The summed E-state index contributed by atoms with van der Waals surface area (Å²) >= 11 is 13.8. The van der Waals surface area contributed by atoms with Crippen molar-refractivity contribution in [2.24, 2.45) is 0 Å². The zero-order valence-corrected chi connectivity index (χ0v) is 20.2. The lowest BCUT2D eigenvalue weighted by Gasteiger charge is -2.16. The highest BCUT2D eigenvalue weighted by atomic mass is 35.5. The van der Waals surface area contributed by atoms with Crippen LogP contribution in [0.2, 0.25) is 10.0 Å². The summed E-state index contributed by atoms with van der Waals surface area (Å²) in [4.78, 5) is 2.91. The second-order valence-corrected chi connectivity index (χ2v) is 11.4. The lowest BCUT2D eigenvalue weighted by Crippen LogP contribution is -2.21. The summed E-state index contributed by atoms with van der Waals surface area (Å²) in [6.07, 6.45) is 0.931. The van der Waals surface area contributed by atoms with E-state index >= 15 is 0 Å². The molecule has 1 aliphatic heterocycles. The van der Waals surface area contributed by atoms with Crippen LogP contribution in [0.15, 0.2) is 52.7 Å². The first-order chi connectivity index (χ1) is 14.7. The van der Waals surface area contributed by atoms with Crippen LogP contribution in [0.3, 0.4) is 0 Å². The van der Waals surface area contributed by atoms with Crippen LogP contribution in [-0.4, -0.2) is 39.6 Å². The number of sulfonamides is 1. The Kier molecular flexibility index (Phi) is 6.51. The lowest BCUT2D eigenvalue weighted by atomic mass is 10.1. The van der Waals surface area contributed by atoms with Gasteiger partial charge in [0.15, 0.2) is 0 Å². The highest BCUT2D eigenvalue weighted by Crippen LogP contribution is 2.40. The van der Waals surface area contributed by atoms with Crippen LogP contribution in [0.4, 0.5) is 5.69 Å². The van der Waals surface area contributed by atoms with Crippen molar-refractivity contribution in [3.8, 4) is 16.2 Å². The molecule has 0 spiro atoms. The van der Waals surface area contributed by atoms with Crippen molar-refractivity contribution in [3.05, 3.63) is 64.1 Å². The number of benzene rings is 2. The van der Waals surface area contributed by atoms with Gasteiger partial charge in [-0.2, -0.15) is 0 Å². The number of hydrogen-bond acceptors (Lipinski definition) is 5. The van der Waals surface area contributed by atoms with E-state index in [1.165, 1.54) is 6.07 Å². The van der Waals surface area contributed by atoms with Crippen LogP contribution in [0, 0.1) is 6.92 Å². The van der Waals surface area contributed by atoms with Crippen LogP contribution < -0.4 is 9.46 Å². The quantitative estimate of drug-likeness (QED) is 0.460. The number of ether oxygens (including phenoxy) is 1. The van der Waals surface area contributed by atoms with Crippen LogP contribution in [-0.2, 0) is 10.0 Å². The van der Waals surface area contributed by atoms with E-state index in [4.69, 9.17) is 27.9 Å². The van der Waals surface area contributed by atoms with E-state index in [-0.39, 0.29) is 10.3 Å². The largest absolute Gasteiger partial charge is 0.487 e. The van der Waals surface area contributed by atoms with E-state index in [9.17, 15) is 8.42 Å². The van der Waals surface area contributed by atoms with Crippen molar-refractivity contribution in [2.45, 2.75) is 23.7 Å². The van der Waals surface area contributed by atoms with E-state index in [1.54, 1.807) is 18.2 Å². The summed E-state index contributed by atoms with van der Waals surface area (Å²) in [7, 11) is -1.79. The molecule has 5 nitrogen and oxygen atoms in total. The Morgan fingerprint density at radius 3 is 2.61 bits per heavy atom. The van der Waals surface area contributed by atoms with Crippen molar-refractivity contribution in [1.29, 1.82) is 0 Å². The Balaban J connectivity index is 1.57. The predicted molar refractivity (Wildman–Crippen MR) is 128 cm³/mol. The average Bonchev–Trinajstić information content (AvgIpc) is 3.30. The van der Waals surface area contributed by atoms with Gasteiger partial charge in [0, 0.05) is 19.2 Å². The van der Waals surface area contributed by atoms with E-state index in [0.717, 1.165) is 46.9 Å². The van der Waals surface area contributed by atoms with Gasteiger partial charge in [-0.15, -0.1) is 11.3 Å². The van der Waals surface area contributed by atoms with Crippen molar-refractivity contribution in [2.75, 3.05) is 24.9 Å². The minimum atomic E-state index is -3.82. The van der Waals surface area contributed by atoms with Crippen LogP contribution >= 0.6 is 34.5 Å². The number of thiophene rings is 1. The highest BCUT2D eigenvalue weighted by Gasteiger charge is 2.24. The number of anilines is 1. The Labute approximate surface area is 196 Å². The Morgan fingerprint density at radius 1 is 1.13 bits per heavy atom. The first kappa shape index (κ1) is 22.4. The molecule has 1 aromatic heterocycles. The average molecular weight is 497 g/mol. The molecule has 1 aliphatic rings. The second-order valence-electron chi connectivity index (χ2n) is 7.60. The maximum absolute atomic E-state index is 13.0. The molecule has 3 aromatic rings. The minimum Gasteiger partial charge on any atom is -0.487 e. The third kappa shape index (κ3) is 5.02. The number of nitrogens with zero attached hydrogens (tertiary/aromatic N) is 1. The summed E-state index contributed by atoms with van der Waals surface area (Å²) in [5.74, 6) is 0.465. The van der Waals surface area contributed by atoms with Crippen LogP contribution in [0.1, 0.15) is 12.0 Å². The van der Waals surface area contributed by atoms with Gasteiger partial charge in [-0.25, -0.2) is 8.42 Å². The molecule has 0 radical (unpaired) electrons. The molecule has 1 N–H and O–H groups in total. The Morgan fingerprint density at radius 2 is 1.90 bits per heavy atom. The van der Waals surface area contributed by atoms with Gasteiger partial charge >= 0.3 is 0 Å². The second kappa shape index (κ2) is 9.00. The molecule has 0 aliphatic carbocycles. The molecule has 1 atom stereocenters. The molecule has 2 heterocycles. The SMILES string of the molecule is Cc1ccccc1-c1sc(S(=O)(=O)Nc2ccc(Cl)c(OC3CCN(C)C3)c2)cc1Cl. The van der Waals surface area contributed by atoms with Gasteiger partial charge in [-0.3, -0.25) is 4.72 Å². The van der Waals surface area contributed by atoms with E-state index in [1.807, 2.05) is 38.2 Å². The summed E-state index contributed by atoms with van der Waals surface area (Å²) in [5, 5.41) is 0.851. The number of halogens is 2. The van der Waals surface area contributed by atoms with Gasteiger partial charge < -0.3 is 9.64 Å². The predicted octanol–water partition coefficient (Wildman–Crippen LogP) is 5.91. The third-order valence-corrected chi connectivity index (χ3v) is 8.89. The maximum Gasteiger partial charge on any atom is 0.271 e. The zero-order chi connectivity index (χ0) is 22.2. The first-order valence-corrected chi connectivity index (χ1v) is 12.8. The summed E-state index contributed by atoms with van der Waals surface area (Å²) in [5.41, 5.74) is 2.33. The van der Waals surface area contributed by atoms with Gasteiger partial charge in [0.25, 0.3) is 10.0 Å². The number of likely N-dealkylation sites (tertiary alicyclic amines) is 1. The van der Waals surface area contributed by atoms with Crippen molar-refractivity contribution in [1.82, 2.24) is 4.90 Å². The van der Waals surface area contributed by atoms with Crippen molar-refractivity contribution >= 4 is 50.2 Å². The van der Waals surface area contributed by atoms with Crippen molar-refractivity contribution in [3.63, 3.8) is 0 Å². The molecule has 0 bridgehead atoms. The minimum absolute atomic E-state index is 0.0297. The standard InChI is InChI=1S/C22H22Cl2N2O3S2/c1-14-5-3-4-6-17(14)22-19(24)12-21(30-22)31(27,28)25-15-7-8-18(23)20(11-15)29-16-9-10-26(2)13-16/h3-8,11-12,16,25H,9-10,13H2,1-2H3. The zero-order valence-electron chi connectivity index (χ0n) is 17.1. The van der Waals surface area contributed by atoms with E-state index in [0.29, 0.717) is 21.5 Å². The monoisotopic (exact) mass is 496 g/mol. The van der Waals surface area contributed by atoms with E-state index in [2.05, 4.69) is 9.62 Å². The van der Waals surface area contributed by atoms with Gasteiger partial charge in [-0.05, 0) is 49.7 Å². The molecule has 0 amide bonds. The number of rotatable bonds is 6. The van der Waals surface area contributed by atoms with Crippen LogP contribution in [0.5, 0.6) is 5.75 Å². The van der Waals surface area contributed by atoms with Gasteiger partial charge in [0.1, 0.15) is 16.1 Å². The molecular formula is C22H22Cl2N2O3S2. The molecule has 0 saturated carbocycles. The fourth-order valence-electron chi connectivity index (χ4n) is 3.52. The molecule has 164 valence electrons. The normalized spacial score (nSPS) is 17.1. The summed E-state index contributed by atoms with van der Waals surface area (Å²) in [6.45, 7) is 3.73. The van der Waals surface area contributed by atoms with Crippen molar-refractivity contribution < 1.29 is 13.2 Å². The number of likely N-dealkylation sites (N-methyl/N-ethyl adjacent to an activating group) is 1. The van der Waals surface area contributed by atoms with Gasteiger partial charge in [0.05, 0.1) is 20.6 Å². The molecule has 1 unspecified atom stereocenters. The highest BCUT2D eigenvalue weighted by molar-refractivity contribution is 7.94. The summed E-state index contributed by atoms with van der Waals surface area (Å²) in [6, 6.07) is 14.1. The topological polar surface area (TPSA) is 58.6 Å². The Hall–Kier alpha value is -1.77. The molecule has 1 saturated heterocycles. The summed E-state index contributed by atoms with van der Waals surface area (Å²) < 4.78 is 34.8. The first-order valence-electron chi connectivity index (χ1n) is 9.76. The number of nitrogens with one attached hydrogen (secondary N) is 1. The number of aryl methyl sites for hydroxylation is 1. The Bertz CT molecular complexity index is 1210. The molecule has 31 heavy (non-hydrogen) atoms. The molecule has 4 rings (SSSR count). The lowest BCUT2D eigenvalue weighted by molar-refractivity contribution is 0.208. The molecule has 1 fully saturated rings. The molecule has 9 heteroatoms.